The van der Waals surface area contributed by atoms with Crippen LogP contribution in [-0.2, 0) is 14.8 Å². The fourth-order valence-corrected chi connectivity index (χ4v) is 3.81. The zero-order chi connectivity index (χ0) is 20.7. The van der Waals surface area contributed by atoms with Crippen molar-refractivity contribution in [3.05, 3.63) is 53.6 Å². The maximum absolute atomic E-state index is 13.2. The molecular formula is C19H22ClN3O4S. The van der Waals surface area contributed by atoms with E-state index in [1.54, 1.807) is 38.1 Å². The van der Waals surface area contributed by atoms with Crippen LogP contribution < -0.4 is 14.5 Å². The SMILES string of the molecule is CCOc1ccc(N(CC(=O)NN=C(C)C)S(=O)(=O)c2ccc(Cl)cc2)cc1. The first kappa shape index (κ1) is 21.7. The van der Waals surface area contributed by atoms with E-state index in [1.807, 2.05) is 6.92 Å². The van der Waals surface area contributed by atoms with Gasteiger partial charge in [0.1, 0.15) is 12.3 Å². The number of nitrogens with one attached hydrogen (secondary N) is 1. The van der Waals surface area contributed by atoms with Crippen LogP contribution in [0.2, 0.25) is 5.02 Å². The van der Waals surface area contributed by atoms with Gasteiger partial charge in [-0.25, -0.2) is 13.8 Å². The number of nitrogens with zero attached hydrogens (tertiary/aromatic N) is 2. The van der Waals surface area contributed by atoms with Gasteiger partial charge in [0.05, 0.1) is 17.2 Å². The molecule has 9 heteroatoms. The standard InChI is InChI=1S/C19H22ClN3O4S/c1-4-27-17-9-7-16(8-10-17)23(13-19(24)22-21-14(2)3)28(25,26)18-11-5-15(20)6-12-18/h5-12H,4,13H2,1-3H3,(H,22,24). The molecule has 0 saturated carbocycles. The Morgan fingerprint density at radius 2 is 1.71 bits per heavy atom. The predicted molar refractivity (Wildman–Crippen MR) is 111 cm³/mol. The molecule has 0 saturated heterocycles. The van der Waals surface area contributed by atoms with Gasteiger partial charge >= 0.3 is 0 Å². The maximum Gasteiger partial charge on any atom is 0.264 e. The van der Waals surface area contributed by atoms with Crippen LogP contribution in [0, 0.1) is 0 Å². The van der Waals surface area contributed by atoms with E-state index in [0.29, 0.717) is 28.8 Å². The molecule has 0 atom stereocenters. The Bertz CT molecular complexity index is 938. The number of anilines is 1. The minimum absolute atomic E-state index is 0.0220. The van der Waals surface area contributed by atoms with E-state index in [-0.39, 0.29) is 4.90 Å². The third-order valence-corrected chi connectivity index (χ3v) is 5.57. The minimum atomic E-state index is -4.01. The fraction of sp³-hybridized carbons (Fsp3) is 0.263. The van der Waals surface area contributed by atoms with Crippen molar-refractivity contribution < 1.29 is 17.9 Å². The summed E-state index contributed by atoms with van der Waals surface area (Å²) in [4.78, 5) is 12.3. The smallest absolute Gasteiger partial charge is 0.264 e. The third-order valence-electron chi connectivity index (χ3n) is 3.53. The molecule has 0 radical (unpaired) electrons. The van der Waals surface area contributed by atoms with Crippen molar-refractivity contribution in [2.24, 2.45) is 5.10 Å². The summed E-state index contributed by atoms with van der Waals surface area (Å²) in [5.74, 6) is 0.0402. The number of hydrogen-bond donors (Lipinski definition) is 1. The highest BCUT2D eigenvalue weighted by Gasteiger charge is 2.27. The average Bonchev–Trinajstić information content (AvgIpc) is 2.66. The Balaban J connectivity index is 2.41. The highest BCUT2D eigenvalue weighted by Crippen LogP contribution is 2.26. The predicted octanol–water partition coefficient (Wildman–Crippen LogP) is 3.45. The lowest BCUT2D eigenvalue weighted by Crippen LogP contribution is -2.39. The highest BCUT2D eigenvalue weighted by atomic mass is 35.5. The van der Waals surface area contributed by atoms with Gasteiger partial charge in [-0.2, -0.15) is 5.10 Å². The van der Waals surface area contributed by atoms with Gasteiger partial charge < -0.3 is 4.74 Å². The van der Waals surface area contributed by atoms with Gasteiger partial charge in [0, 0.05) is 10.7 Å². The first-order valence-electron chi connectivity index (χ1n) is 8.55. The van der Waals surface area contributed by atoms with Gasteiger partial charge in [-0.15, -0.1) is 0 Å². The average molecular weight is 424 g/mol. The molecule has 7 nitrogen and oxygen atoms in total. The number of sulfonamides is 1. The molecule has 0 bridgehead atoms. The molecule has 2 aromatic rings. The van der Waals surface area contributed by atoms with E-state index in [1.165, 1.54) is 24.3 Å². The van der Waals surface area contributed by atoms with Gasteiger partial charge in [0.15, 0.2) is 0 Å². The molecule has 0 aromatic heterocycles. The molecule has 0 aliphatic heterocycles. The molecule has 1 N–H and O–H groups in total. The van der Waals surface area contributed by atoms with Crippen LogP contribution >= 0.6 is 11.6 Å². The Hall–Kier alpha value is -2.58. The van der Waals surface area contributed by atoms with E-state index in [2.05, 4.69) is 10.5 Å². The number of rotatable bonds is 8. The summed E-state index contributed by atoms with van der Waals surface area (Å²) in [6, 6.07) is 12.2. The summed E-state index contributed by atoms with van der Waals surface area (Å²) in [7, 11) is -4.01. The molecule has 1 amide bonds. The van der Waals surface area contributed by atoms with Crippen LogP contribution in [0.3, 0.4) is 0 Å². The molecule has 2 aromatic carbocycles. The summed E-state index contributed by atoms with van der Waals surface area (Å²) in [6.45, 7) is 5.34. The quantitative estimate of drug-likeness (QED) is 0.520. The molecule has 0 aliphatic carbocycles. The van der Waals surface area contributed by atoms with E-state index < -0.39 is 22.5 Å². The topological polar surface area (TPSA) is 88.1 Å². The number of amides is 1. The van der Waals surface area contributed by atoms with Crippen LogP contribution in [0.5, 0.6) is 5.75 Å². The molecular weight excluding hydrogens is 402 g/mol. The van der Waals surface area contributed by atoms with Crippen LogP contribution in [0.1, 0.15) is 20.8 Å². The third kappa shape index (κ3) is 5.71. The zero-order valence-electron chi connectivity index (χ0n) is 15.8. The van der Waals surface area contributed by atoms with Crippen molar-refractivity contribution in [1.82, 2.24) is 5.43 Å². The van der Waals surface area contributed by atoms with Crippen molar-refractivity contribution in [2.45, 2.75) is 25.7 Å². The summed E-state index contributed by atoms with van der Waals surface area (Å²) in [6.07, 6.45) is 0. The lowest BCUT2D eigenvalue weighted by atomic mass is 10.3. The Morgan fingerprint density at radius 3 is 2.25 bits per heavy atom. The van der Waals surface area contributed by atoms with Crippen molar-refractivity contribution in [3.8, 4) is 5.75 Å². The number of hydrazone groups is 1. The molecule has 0 heterocycles. The first-order chi connectivity index (χ1) is 13.2. The molecule has 2 rings (SSSR count). The van der Waals surface area contributed by atoms with Gasteiger partial charge in [0.2, 0.25) is 0 Å². The monoisotopic (exact) mass is 423 g/mol. The number of carbonyl (C=O) groups is 1. The van der Waals surface area contributed by atoms with E-state index in [4.69, 9.17) is 16.3 Å². The number of benzene rings is 2. The fourth-order valence-electron chi connectivity index (χ4n) is 2.26. The van der Waals surface area contributed by atoms with E-state index >= 15 is 0 Å². The van der Waals surface area contributed by atoms with Gasteiger partial charge in [-0.05, 0) is 69.3 Å². The molecule has 28 heavy (non-hydrogen) atoms. The second-order valence-corrected chi connectivity index (χ2v) is 8.29. The molecule has 150 valence electrons. The normalized spacial score (nSPS) is 10.9. The van der Waals surface area contributed by atoms with Crippen molar-refractivity contribution in [1.29, 1.82) is 0 Å². The Kier molecular flexibility index (Phi) is 7.42. The second-order valence-electron chi connectivity index (χ2n) is 5.99. The summed E-state index contributed by atoms with van der Waals surface area (Å²) < 4.78 is 32.7. The zero-order valence-corrected chi connectivity index (χ0v) is 17.4. The van der Waals surface area contributed by atoms with Crippen LogP contribution in [0.15, 0.2) is 58.5 Å². The Morgan fingerprint density at radius 1 is 1.11 bits per heavy atom. The van der Waals surface area contributed by atoms with Crippen LogP contribution in [0.25, 0.3) is 0 Å². The molecule has 0 fully saturated rings. The second kappa shape index (κ2) is 9.57. The highest BCUT2D eigenvalue weighted by molar-refractivity contribution is 7.92. The number of ether oxygens (including phenoxy) is 1. The summed E-state index contributed by atoms with van der Waals surface area (Å²) in [5.41, 5.74) is 3.31. The minimum Gasteiger partial charge on any atom is -0.494 e. The van der Waals surface area contributed by atoms with Gasteiger partial charge in [-0.1, -0.05) is 11.6 Å². The summed E-state index contributed by atoms with van der Waals surface area (Å²) in [5, 5.41) is 4.25. The van der Waals surface area contributed by atoms with Crippen LogP contribution in [0.4, 0.5) is 5.69 Å². The van der Waals surface area contributed by atoms with Crippen molar-refractivity contribution in [2.75, 3.05) is 17.5 Å². The van der Waals surface area contributed by atoms with E-state index in [9.17, 15) is 13.2 Å². The molecule has 0 spiro atoms. The van der Waals surface area contributed by atoms with E-state index in [0.717, 1.165) is 4.31 Å². The van der Waals surface area contributed by atoms with Crippen molar-refractivity contribution >= 4 is 38.9 Å². The van der Waals surface area contributed by atoms with Crippen molar-refractivity contribution in [3.63, 3.8) is 0 Å². The Labute approximate surface area is 170 Å². The lowest BCUT2D eigenvalue weighted by Gasteiger charge is -2.24. The van der Waals surface area contributed by atoms with Gasteiger partial charge in [0.25, 0.3) is 15.9 Å². The summed E-state index contributed by atoms with van der Waals surface area (Å²) >= 11 is 5.86. The molecule has 0 unspecified atom stereocenters. The van der Waals surface area contributed by atoms with Gasteiger partial charge in [-0.3, -0.25) is 9.10 Å². The number of halogens is 1. The lowest BCUT2D eigenvalue weighted by molar-refractivity contribution is -0.119. The number of carbonyl (C=O) groups excluding carboxylic acids is 1. The largest absolute Gasteiger partial charge is 0.494 e. The van der Waals surface area contributed by atoms with Crippen LogP contribution in [-0.4, -0.2) is 33.2 Å². The maximum atomic E-state index is 13.2. The number of hydrogen-bond acceptors (Lipinski definition) is 5. The first-order valence-corrected chi connectivity index (χ1v) is 10.4. The molecule has 0 aliphatic rings.